The lowest BCUT2D eigenvalue weighted by Gasteiger charge is -2.19. The Balaban J connectivity index is 3.45. The van der Waals surface area contributed by atoms with Crippen molar-refractivity contribution in [3.63, 3.8) is 0 Å². The molecule has 0 aliphatic heterocycles. The van der Waals surface area contributed by atoms with Gasteiger partial charge in [-0.25, -0.2) is 9.59 Å². The van der Waals surface area contributed by atoms with Crippen molar-refractivity contribution in [3.05, 3.63) is 0 Å². The minimum absolute atomic E-state index is 0.119. The van der Waals surface area contributed by atoms with Crippen LogP contribution in [0.2, 0.25) is 0 Å². The van der Waals surface area contributed by atoms with E-state index in [0.717, 1.165) is 0 Å². The Morgan fingerprint density at radius 1 is 1.19 bits per heavy atom. The highest BCUT2D eigenvalue weighted by Crippen LogP contribution is 2.05. The summed E-state index contributed by atoms with van der Waals surface area (Å²) in [6, 6.07) is 0. The Hall–Kier alpha value is -1.50. The van der Waals surface area contributed by atoms with Crippen LogP contribution in [-0.4, -0.2) is 38.0 Å². The van der Waals surface area contributed by atoms with Crippen LogP contribution < -0.4 is 10.8 Å². The molecule has 0 saturated heterocycles. The third-order valence-corrected chi connectivity index (χ3v) is 1.21. The molecule has 0 aliphatic rings. The van der Waals surface area contributed by atoms with E-state index < -0.39 is 17.8 Å². The predicted molar refractivity (Wildman–Crippen MR) is 55.7 cm³/mol. The summed E-state index contributed by atoms with van der Waals surface area (Å²) in [6.07, 6.45) is -1.23. The molecule has 2 N–H and O–H groups in total. The van der Waals surface area contributed by atoms with E-state index in [4.69, 9.17) is 9.57 Å². The summed E-state index contributed by atoms with van der Waals surface area (Å²) >= 11 is 0. The molecule has 7 nitrogen and oxygen atoms in total. The van der Waals surface area contributed by atoms with Crippen molar-refractivity contribution in [2.75, 3.05) is 20.3 Å². The van der Waals surface area contributed by atoms with Crippen molar-refractivity contribution in [2.45, 2.75) is 26.4 Å². The molecule has 0 unspecified atom stereocenters. The van der Waals surface area contributed by atoms with E-state index in [2.05, 4.69) is 15.5 Å². The second-order valence-corrected chi connectivity index (χ2v) is 3.87. The number of hydrogen-bond donors (Lipinski definition) is 2. The number of ether oxygens (including phenoxy) is 2. The normalized spacial score (nSPS) is 10.5. The Bertz CT molecular complexity index is 237. The first-order valence-corrected chi connectivity index (χ1v) is 4.78. The van der Waals surface area contributed by atoms with Gasteiger partial charge in [0.05, 0.1) is 13.7 Å². The zero-order valence-corrected chi connectivity index (χ0v) is 9.96. The Morgan fingerprint density at radius 2 is 1.81 bits per heavy atom. The Labute approximate surface area is 94.4 Å². The fourth-order valence-electron chi connectivity index (χ4n) is 0.685. The topological polar surface area (TPSA) is 85.9 Å². The number of hydrogen-bond acceptors (Lipinski definition) is 5. The van der Waals surface area contributed by atoms with E-state index in [0.29, 0.717) is 0 Å². The fraction of sp³-hybridized carbons (Fsp3) is 0.778. The molecule has 0 fully saturated rings. The van der Waals surface area contributed by atoms with Crippen LogP contribution in [0.4, 0.5) is 9.59 Å². The first kappa shape index (κ1) is 14.5. The molecule has 0 saturated carbocycles. The monoisotopic (exact) mass is 234 g/mol. The van der Waals surface area contributed by atoms with Gasteiger partial charge in [0.25, 0.3) is 0 Å². The lowest BCUT2D eigenvalue weighted by Crippen LogP contribution is -2.35. The van der Waals surface area contributed by atoms with Crippen molar-refractivity contribution in [2.24, 2.45) is 0 Å². The summed E-state index contributed by atoms with van der Waals surface area (Å²) in [6.45, 7) is 5.57. The molecule has 94 valence electrons. The van der Waals surface area contributed by atoms with Gasteiger partial charge in [0.2, 0.25) is 0 Å². The van der Waals surface area contributed by atoms with Gasteiger partial charge in [-0.15, -0.1) is 0 Å². The smallest absolute Gasteiger partial charge is 0.431 e. The number of methoxy groups -OCH3 is 1. The van der Waals surface area contributed by atoms with Crippen molar-refractivity contribution in [3.8, 4) is 0 Å². The average Bonchev–Trinajstić information content (AvgIpc) is 2.14. The summed E-state index contributed by atoms with van der Waals surface area (Å²) in [4.78, 5) is 26.4. The van der Waals surface area contributed by atoms with Gasteiger partial charge in [0.15, 0.2) is 0 Å². The van der Waals surface area contributed by atoms with Crippen molar-refractivity contribution in [1.82, 2.24) is 10.8 Å². The number of alkyl carbamates (subject to hydrolysis) is 1. The van der Waals surface area contributed by atoms with E-state index in [1.807, 2.05) is 0 Å². The minimum atomic E-state index is -0.675. The highest BCUT2D eigenvalue weighted by Gasteiger charge is 2.15. The predicted octanol–water partition coefficient (Wildman–Crippen LogP) is 0.799. The molecule has 0 heterocycles. The Kier molecular flexibility index (Phi) is 6.24. The maximum absolute atomic E-state index is 11.0. The molecule has 2 amide bonds. The lowest BCUT2D eigenvalue weighted by molar-refractivity contribution is -0.00654. The van der Waals surface area contributed by atoms with Gasteiger partial charge >= 0.3 is 12.2 Å². The molecule has 0 aromatic heterocycles. The quantitative estimate of drug-likeness (QED) is 0.555. The molecular formula is C9H18N2O5. The van der Waals surface area contributed by atoms with Gasteiger partial charge in [-0.2, -0.15) is 5.48 Å². The van der Waals surface area contributed by atoms with Crippen LogP contribution in [0.25, 0.3) is 0 Å². The fourth-order valence-corrected chi connectivity index (χ4v) is 0.685. The first-order chi connectivity index (χ1) is 7.35. The SMILES string of the molecule is COC(=O)NCCONC(=O)OC(C)(C)C. The molecule has 0 atom stereocenters. The van der Waals surface area contributed by atoms with E-state index in [-0.39, 0.29) is 13.2 Å². The van der Waals surface area contributed by atoms with Crippen LogP contribution in [0.1, 0.15) is 20.8 Å². The lowest BCUT2D eigenvalue weighted by atomic mass is 10.2. The average molecular weight is 234 g/mol. The molecular weight excluding hydrogens is 216 g/mol. The molecule has 0 bridgehead atoms. The maximum atomic E-state index is 11.0. The van der Waals surface area contributed by atoms with Crippen LogP contribution in [0.3, 0.4) is 0 Å². The number of nitrogens with one attached hydrogen (secondary N) is 2. The van der Waals surface area contributed by atoms with Crippen LogP contribution in [-0.2, 0) is 14.3 Å². The van der Waals surface area contributed by atoms with Crippen LogP contribution in [0.15, 0.2) is 0 Å². The summed E-state index contributed by atoms with van der Waals surface area (Å²) < 4.78 is 9.23. The number of hydroxylamine groups is 1. The zero-order valence-electron chi connectivity index (χ0n) is 9.96. The van der Waals surface area contributed by atoms with Gasteiger partial charge in [0, 0.05) is 6.54 Å². The molecule has 7 heteroatoms. The van der Waals surface area contributed by atoms with Crippen molar-refractivity contribution >= 4 is 12.2 Å². The summed E-state index contributed by atoms with van der Waals surface area (Å²) in [7, 11) is 1.26. The third-order valence-electron chi connectivity index (χ3n) is 1.21. The Morgan fingerprint density at radius 3 is 2.31 bits per heavy atom. The second-order valence-electron chi connectivity index (χ2n) is 3.87. The molecule has 0 spiro atoms. The van der Waals surface area contributed by atoms with Crippen LogP contribution >= 0.6 is 0 Å². The number of amides is 2. The van der Waals surface area contributed by atoms with E-state index in [9.17, 15) is 9.59 Å². The zero-order chi connectivity index (χ0) is 12.6. The largest absolute Gasteiger partial charge is 0.453 e. The number of carbonyl (C=O) groups excluding carboxylic acids is 2. The molecule has 0 aliphatic carbocycles. The van der Waals surface area contributed by atoms with Gasteiger partial charge in [0.1, 0.15) is 5.60 Å². The third kappa shape index (κ3) is 9.07. The van der Waals surface area contributed by atoms with E-state index in [1.165, 1.54) is 7.11 Å². The van der Waals surface area contributed by atoms with Gasteiger partial charge in [-0.1, -0.05) is 0 Å². The highest BCUT2D eigenvalue weighted by molar-refractivity contribution is 5.67. The molecule has 16 heavy (non-hydrogen) atoms. The van der Waals surface area contributed by atoms with Gasteiger partial charge < -0.3 is 14.8 Å². The summed E-state index contributed by atoms with van der Waals surface area (Å²) in [5, 5.41) is 2.38. The van der Waals surface area contributed by atoms with Crippen LogP contribution in [0, 0.1) is 0 Å². The molecule has 0 aromatic carbocycles. The molecule has 0 rings (SSSR count). The summed E-state index contributed by atoms with van der Waals surface area (Å²) in [5.41, 5.74) is 1.51. The van der Waals surface area contributed by atoms with Gasteiger partial charge in [-0.05, 0) is 20.8 Å². The van der Waals surface area contributed by atoms with Gasteiger partial charge in [-0.3, -0.25) is 4.84 Å². The van der Waals surface area contributed by atoms with Crippen molar-refractivity contribution < 1.29 is 23.9 Å². The minimum Gasteiger partial charge on any atom is -0.453 e. The second kappa shape index (κ2) is 6.89. The maximum Gasteiger partial charge on any atom is 0.431 e. The van der Waals surface area contributed by atoms with Crippen molar-refractivity contribution in [1.29, 1.82) is 0 Å². The van der Waals surface area contributed by atoms with Crippen LogP contribution in [0.5, 0.6) is 0 Å². The standard InChI is InChI=1S/C9H18N2O5/c1-9(2,3)16-8(13)11-15-6-5-10-7(12)14-4/h5-6H2,1-4H3,(H,10,12)(H,11,13). The number of rotatable bonds is 4. The van der Waals surface area contributed by atoms with E-state index in [1.54, 1.807) is 20.8 Å². The first-order valence-electron chi connectivity index (χ1n) is 4.78. The van der Waals surface area contributed by atoms with E-state index >= 15 is 0 Å². The number of carbonyl (C=O) groups is 2. The highest BCUT2D eigenvalue weighted by atomic mass is 16.7. The molecule has 0 aromatic rings. The molecule has 0 radical (unpaired) electrons. The summed E-state index contributed by atoms with van der Waals surface area (Å²) in [5.74, 6) is 0.